The highest BCUT2D eigenvalue weighted by Gasteiger charge is 2.19. The SMILES string of the molecule is Cc1cccc(-c2nnc(S[C@H](C)C(=O)Nc3cccc(F)c3)o2)c1. The fourth-order valence-electron chi connectivity index (χ4n) is 2.17. The Hall–Kier alpha value is -2.67. The van der Waals surface area contributed by atoms with Crippen molar-refractivity contribution in [1.29, 1.82) is 0 Å². The maximum atomic E-state index is 13.2. The molecule has 0 bridgehead atoms. The van der Waals surface area contributed by atoms with Gasteiger partial charge in [-0.25, -0.2) is 4.39 Å². The highest BCUT2D eigenvalue weighted by atomic mass is 32.2. The summed E-state index contributed by atoms with van der Waals surface area (Å²) in [5.41, 5.74) is 2.33. The third kappa shape index (κ3) is 4.45. The highest BCUT2D eigenvalue weighted by Crippen LogP contribution is 2.27. The number of benzene rings is 2. The second kappa shape index (κ2) is 7.48. The van der Waals surface area contributed by atoms with E-state index in [-0.39, 0.29) is 5.91 Å². The number of rotatable bonds is 5. The fourth-order valence-corrected chi connectivity index (χ4v) is 2.85. The molecule has 5 nitrogen and oxygen atoms in total. The molecular formula is C18H16FN3O2S. The van der Waals surface area contributed by atoms with Gasteiger partial charge in [-0.2, -0.15) is 0 Å². The van der Waals surface area contributed by atoms with Crippen molar-refractivity contribution in [3.63, 3.8) is 0 Å². The van der Waals surface area contributed by atoms with E-state index in [4.69, 9.17) is 4.42 Å². The summed E-state index contributed by atoms with van der Waals surface area (Å²) in [6, 6.07) is 13.5. The fraction of sp³-hybridized carbons (Fsp3) is 0.167. The van der Waals surface area contributed by atoms with Crippen LogP contribution in [-0.4, -0.2) is 21.4 Å². The molecule has 0 saturated carbocycles. The second-order valence-electron chi connectivity index (χ2n) is 5.50. The van der Waals surface area contributed by atoms with Crippen LogP contribution in [0, 0.1) is 12.7 Å². The Morgan fingerprint density at radius 2 is 2.00 bits per heavy atom. The van der Waals surface area contributed by atoms with Crippen molar-refractivity contribution in [2.75, 3.05) is 5.32 Å². The van der Waals surface area contributed by atoms with Gasteiger partial charge < -0.3 is 9.73 Å². The van der Waals surface area contributed by atoms with Crippen molar-refractivity contribution < 1.29 is 13.6 Å². The maximum Gasteiger partial charge on any atom is 0.277 e. The minimum Gasteiger partial charge on any atom is -0.411 e. The van der Waals surface area contributed by atoms with Crippen LogP contribution in [0.4, 0.5) is 10.1 Å². The van der Waals surface area contributed by atoms with Gasteiger partial charge in [-0.15, -0.1) is 10.2 Å². The molecule has 2 aromatic carbocycles. The van der Waals surface area contributed by atoms with E-state index in [0.29, 0.717) is 16.8 Å². The van der Waals surface area contributed by atoms with Crippen LogP contribution in [0.5, 0.6) is 0 Å². The zero-order valence-electron chi connectivity index (χ0n) is 13.7. The first-order valence-corrected chi connectivity index (χ1v) is 8.53. The molecule has 0 spiro atoms. The first-order chi connectivity index (χ1) is 12.0. The lowest BCUT2D eigenvalue weighted by atomic mass is 10.1. The molecule has 1 heterocycles. The average molecular weight is 357 g/mol. The molecule has 128 valence electrons. The summed E-state index contributed by atoms with van der Waals surface area (Å²) in [4.78, 5) is 12.2. The van der Waals surface area contributed by atoms with Crippen LogP contribution >= 0.6 is 11.8 Å². The number of thioether (sulfide) groups is 1. The molecule has 0 radical (unpaired) electrons. The smallest absolute Gasteiger partial charge is 0.277 e. The Balaban J connectivity index is 1.65. The maximum absolute atomic E-state index is 13.2. The number of anilines is 1. The molecule has 7 heteroatoms. The van der Waals surface area contributed by atoms with Crippen molar-refractivity contribution in [2.24, 2.45) is 0 Å². The van der Waals surface area contributed by atoms with Crippen LogP contribution in [0.15, 0.2) is 58.2 Å². The number of hydrogen-bond donors (Lipinski definition) is 1. The summed E-state index contributed by atoms with van der Waals surface area (Å²) in [6.45, 7) is 3.70. The summed E-state index contributed by atoms with van der Waals surface area (Å²) in [5.74, 6) is -0.271. The Bertz CT molecular complexity index is 897. The van der Waals surface area contributed by atoms with Crippen molar-refractivity contribution in [1.82, 2.24) is 10.2 Å². The Labute approximate surface area is 148 Å². The van der Waals surface area contributed by atoms with E-state index >= 15 is 0 Å². The summed E-state index contributed by atoms with van der Waals surface area (Å²) in [5, 5.41) is 10.5. The number of hydrogen-bond acceptors (Lipinski definition) is 5. The first-order valence-electron chi connectivity index (χ1n) is 7.65. The molecule has 0 aliphatic carbocycles. The Morgan fingerprint density at radius 1 is 1.20 bits per heavy atom. The molecule has 0 saturated heterocycles. The number of amides is 1. The van der Waals surface area contributed by atoms with E-state index in [1.54, 1.807) is 13.0 Å². The van der Waals surface area contributed by atoms with E-state index in [1.807, 2.05) is 31.2 Å². The van der Waals surface area contributed by atoms with Crippen LogP contribution < -0.4 is 5.32 Å². The van der Waals surface area contributed by atoms with Gasteiger partial charge in [0.1, 0.15) is 5.82 Å². The number of aryl methyl sites for hydroxylation is 1. The van der Waals surface area contributed by atoms with Crippen LogP contribution in [0.1, 0.15) is 12.5 Å². The lowest BCUT2D eigenvalue weighted by Gasteiger charge is -2.09. The van der Waals surface area contributed by atoms with E-state index in [2.05, 4.69) is 15.5 Å². The average Bonchev–Trinajstić information content (AvgIpc) is 3.03. The summed E-state index contributed by atoms with van der Waals surface area (Å²) in [7, 11) is 0. The predicted octanol–water partition coefficient (Wildman–Crippen LogP) is 4.30. The van der Waals surface area contributed by atoms with Gasteiger partial charge in [0, 0.05) is 11.3 Å². The molecule has 0 fully saturated rings. The molecule has 1 amide bonds. The zero-order valence-corrected chi connectivity index (χ0v) is 14.5. The third-order valence-electron chi connectivity index (χ3n) is 3.41. The minimum atomic E-state index is -0.478. The molecule has 0 unspecified atom stereocenters. The number of nitrogens with zero attached hydrogens (tertiary/aromatic N) is 2. The molecule has 0 aliphatic heterocycles. The molecule has 1 aromatic heterocycles. The molecule has 1 N–H and O–H groups in total. The van der Waals surface area contributed by atoms with Gasteiger partial charge in [-0.05, 0) is 44.2 Å². The quantitative estimate of drug-likeness (QED) is 0.690. The molecule has 3 aromatic rings. The topological polar surface area (TPSA) is 68.0 Å². The van der Waals surface area contributed by atoms with Crippen LogP contribution in [0.3, 0.4) is 0 Å². The van der Waals surface area contributed by atoms with Crippen LogP contribution in [0.2, 0.25) is 0 Å². The van der Waals surface area contributed by atoms with Gasteiger partial charge in [-0.3, -0.25) is 4.79 Å². The van der Waals surface area contributed by atoms with Gasteiger partial charge >= 0.3 is 0 Å². The van der Waals surface area contributed by atoms with Crippen LogP contribution in [-0.2, 0) is 4.79 Å². The van der Waals surface area contributed by atoms with E-state index in [9.17, 15) is 9.18 Å². The highest BCUT2D eigenvalue weighted by molar-refractivity contribution is 8.00. The largest absolute Gasteiger partial charge is 0.411 e. The first kappa shape index (κ1) is 17.2. The molecule has 3 rings (SSSR count). The van der Waals surface area contributed by atoms with Crippen molar-refractivity contribution in [3.8, 4) is 11.5 Å². The van der Waals surface area contributed by atoms with Crippen molar-refractivity contribution >= 4 is 23.4 Å². The van der Waals surface area contributed by atoms with E-state index < -0.39 is 11.1 Å². The molecular weight excluding hydrogens is 341 g/mol. The third-order valence-corrected chi connectivity index (χ3v) is 4.34. The standard InChI is InChI=1S/C18H16FN3O2S/c1-11-5-3-6-13(9-11)17-21-22-18(24-17)25-12(2)16(23)20-15-8-4-7-14(19)10-15/h3-10,12H,1-2H3,(H,20,23)/t12-/m1/s1. The van der Waals surface area contributed by atoms with E-state index in [1.165, 1.54) is 18.2 Å². The summed E-state index contributed by atoms with van der Waals surface area (Å²) < 4.78 is 18.8. The minimum absolute atomic E-state index is 0.272. The van der Waals surface area contributed by atoms with Gasteiger partial charge in [0.25, 0.3) is 5.22 Å². The molecule has 1 atom stereocenters. The number of carbonyl (C=O) groups is 1. The number of halogens is 1. The van der Waals surface area contributed by atoms with Crippen molar-refractivity contribution in [3.05, 3.63) is 59.9 Å². The zero-order chi connectivity index (χ0) is 17.8. The van der Waals surface area contributed by atoms with Gasteiger partial charge in [0.05, 0.1) is 5.25 Å². The lowest BCUT2D eigenvalue weighted by molar-refractivity contribution is -0.115. The number of aromatic nitrogens is 2. The van der Waals surface area contributed by atoms with Crippen LogP contribution in [0.25, 0.3) is 11.5 Å². The molecule has 0 aliphatic rings. The normalized spacial score (nSPS) is 12.0. The van der Waals surface area contributed by atoms with Gasteiger partial charge in [0.2, 0.25) is 11.8 Å². The monoisotopic (exact) mass is 357 g/mol. The number of carbonyl (C=O) groups excluding carboxylic acids is 1. The van der Waals surface area contributed by atoms with Crippen molar-refractivity contribution in [2.45, 2.75) is 24.3 Å². The summed E-state index contributed by atoms with van der Waals surface area (Å²) >= 11 is 1.15. The predicted molar refractivity (Wildman–Crippen MR) is 94.8 cm³/mol. The Morgan fingerprint density at radius 3 is 2.76 bits per heavy atom. The summed E-state index contributed by atoms with van der Waals surface area (Å²) in [6.07, 6.45) is 0. The molecule has 25 heavy (non-hydrogen) atoms. The van der Waals surface area contributed by atoms with Gasteiger partial charge in [0.15, 0.2) is 0 Å². The lowest BCUT2D eigenvalue weighted by Crippen LogP contribution is -2.22. The second-order valence-corrected chi connectivity index (χ2v) is 6.79. The Kier molecular flexibility index (Phi) is 5.14. The van der Waals surface area contributed by atoms with Gasteiger partial charge in [-0.1, -0.05) is 35.5 Å². The number of nitrogens with one attached hydrogen (secondary N) is 1. The van der Waals surface area contributed by atoms with E-state index in [0.717, 1.165) is 22.9 Å².